The number of ether oxygens (including phenoxy) is 1. The molecule has 3 unspecified atom stereocenters. The lowest BCUT2D eigenvalue weighted by molar-refractivity contribution is 0.141. The monoisotopic (exact) mass is 328 g/mol. The summed E-state index contributed by atoms with van der Waals surface area (Å²) in [7, 11) is 1.71. The van der Waals surface area contributed by atoms with Crippen LogP contribution in [0.3, 0.4) is 0 Å². The number of hydrogen-bond donors (Lipinski definition) is 0. The Kier molecular flexibility index (Phi) is 5.48. The molecule has 1 aliphatic carbocycles. The molecule has 1 saturated carbocycles. The van der Waals surface area contributed by atoms with Crippen molar-refractivity contribution in [2.75, 3.05) is 7.11 Å². The van der Waals surface area contributed by atoms with Gasteiger partial charge in [0, 0.05) is 10.4 Å². The molecule has 3 atom stereocenters. The Bertz CT molecular complexity index is 484. The highest BCUT2D eigenvalue weighted by molar-refractivity contribution is 6.30. The van der Waals surface area contributed by atoms with Gasteiger partial charge in [-0.1, -0.05) is 38.8 Å². The van der Waals surface area contributed by atoms with Crippen LogP contribution in [0, 0.1) is 17.3 Å². The van der Waals surface area contributed by atoms with E-state index in [2.05, 4.69) is 20.8 Å². The molecule has 1 fully saturated rings. The molecular weight excluding hydrogens is 303 g/mol. The highest BCUT2D eigenvalue weighted by Gasteiger charge is 2.38. The first-order valence-electron chi connectivity index (χ1n) is 7.80. The Labute approximate surface area is 139 Å². The standard InChI is InChI=1S/C18H26Cl2O/c1-12-5-7-15(16(20)9-12)18(2,3)11-13-10-14(19)6-8-17(13)21-4/h6,8,10,12,15-16H,5,7,9,11H2,1-4H3. The van der Waals surface area contributed by atoms with Crippen LogP contribution in [0.1, 0.15) is 45.6 Å². The summed E-state index contributed by atoms with van der Waals surface area (Å²) in [4.78, 5) is 0. The van der Waals surface area contributed by atoms with E-state index in [9.17, 15) is 0 Å². The third kappa shape index (κ3) is 4.07. The molecule has 1 aromatic rings. The summed E-state index contributed by atoms with van der Waals surface area (Å²) in [5.41, 5.74) is 1.32. The topological polar surface area (TPSA) is 9.23 Å². The van der Waals surface area contributed by atoms with Crippen LogP contribution >= 0.6 is 23.2 Å². The van der Waals surface area contributed by atoms with E-state index >= 15 is 0 Å². The molecule has 0 aliphatic heterocycles. The largest absolute Gasteiger partial charge is 0.496 e. The van der Waals surface area contributed by atoms with Gasteiger partial charge in [0.05, 0.1) is 7.11 Å². The molecule has 0 amide bonds. The zero-order valence-corrected chi connectivity index (χ0v) is 15.0. The van der Waals surface area contributed by atoms with E-state index in [-0.39, 0.29) is 10.8 Å². The fraction of sp³-hybridized carbons (Fsp3) is 0.667. The normalized spacial score (nSPS) is 26.7. The molecular formula is C18H26Cl2O. The van der Waals surface area contributed by atoms with Gasteiger partial charge in [-0.05, 0) is 60.3 Å². The van der Waals surface area contributed by atoms with E-state index in [1.54, 1.807) is 7.11 Å². The summed E-state index contributed by atoms with van der Waals surface area (Å²) < 4.78 is 5.49. The van der Waals surface area contributed by atoms with E-state index in [1.165, 1.54) is 18.4 Å². The van der Waals surface area contributed by atoms with Crippen molar-refractivity contribution in [1.29, 1.82) is 0 Å². The fourth-order valence-corrected chi connectivity index (χ4v) is 4.66. The van der Waals surface area contributed by atoms with Crippen LogP contribution in [-0.4, -0.2) is 12.5 Å². The van der Waals surface area contributed by atoms with Crippen LogP contribution in [0.25, 0.3) is 0 Å². The maximum Gasteiger partial charge on any atom is 0.122 e. The lowest BCUT2D eigenvalue weighted by Crippen LogP contribution is -2.37. The van der Waals surface area contributed by atoms with Crippen LogP contribution in [0.5, 0.6) is 5.75 Å². The molecule has 0 bridgehead atoms. The maximum absolute atomic E-state index is 6.68. The maximum atomic E-state index is 6.68. The molecule has 1 aromatic carbocycles. The van der Waals surface area contributed by atoms with Crippen LogP contribution in [0.15, 0.2) is 18.2 Å². The van der Waals surface area contributed by atoms with Gasteiger partial charge in [-0.3, -0.25) is 0 Å². The summed E-state index contributed by atoms with van der Waals surface area (Å²) in [5, 5.41) is 1.04. The Hall–Kier alpha value is -0.400. The zero-order valence-electron chi connectivity index (χ0n) is 13.5. The minimum absolute atomic E-state index is 0.143. The molecule has 0 saturated heterocycles. The highest BCUT2D eigenvalue weighted by Crippen LogP contribution is 2.45. The molecule has 0 radical (unpaired) electrons. The lowest BCUT2D eigenvalue weighted by atomic mass is 9.66. The predicted molar refractivity (Wildman–Crippen MR) is 91.6 cm³/mol. The van der Waals surface area contributed by atoms with E-state index < -0.39 is 0 Å². The van der Waals surface area contributed by atoms with Crippen LogP contribution in [0.2, 0.25) is 5.02 Å². The summed E-state index contributed by atoms with van der Waals surface area (Å²) >= 11 is 12.8. The van der Waals surface area contributed by atoms with Crippen molar-refractivity contribution < 1.29 is 4.74 Å². The van der Waals surface area contributed by atoms with Crippen LogP contribution in [0.4, 0.5) is 0 Å². The number of methoxy groups -OCH3 is 1. The van der Waals surface area contributed by atoms with Gasteiger partial charge in [0.25, 0.3) is 0 Å². The van der Waals surface area contributed by atoms with Crippen molar-refractivity contribution in [2.45, 2.75) is 51.8 Å². The Balaban J connectivity index is 2.19. The first-order chi connectivity index (χ1) is 9.83. The van der Waals surface area contributed by atoms with Gasteiger partial charge in [0.15, 0.2) is 0 Å². The molecule has 21 heavy (non-hydrogen) atoms. The second kappa shape index (κ2) is 6.79. The van der Waals surface area contributed by atoms with Crippen LogP contribution in [-0.2, 0) is 6.42 Å². The van der Waals surface area contributed by atoms with Gasteiger partial charge in [-0.25, -0.2) is 0 Å². The zero-order chi connectivity index (χ0) is 15.6. The molecule has 3 heteroatoms. The number of alkyl halides is 1. The second-order valence-electron chi connectivity index (χ2n) is 7.16. The quantitative estimate of drug-likeness (QED) is 0.619. The number of halogens is 2. The first-order valence-corrected chi connectivity index (χ1v) is 8.61. The van der Waals surface area contributed by atoms with Gasteiger partial charge in [0.1, 0.15) is 5.75 Å². The molecule has 0 N–H and O–H groups in total. The SMILES string of the molecule is COc1ccc(Cl)cc1CC(C)(C)C1CCC(C)CC1Cl. The average Bonchev–Trinajstić information content (AvgIpc) is 2.37. The third-order valence-corrected chi connectivity index (χ3v) is 5.64. The molecule has 1 nitrogen and oxygen atoms in total. The van der Waals surface area contributed by atoms with Crippen molar-refractivity contribution >= 4 is 23.2 Å². The van der Waals surface area contributed by atoms with Gasteiger partial charge in [0.2, 0.25) is 0 Å². The van der Waals surface area contributed by atoms with Crippen molar-refractivity contribution in [3.8, 4) is 5.75 Å². The van der Waals surface area contributed by atoms with Crippen LogP contribution < -0.4 is 4.74 Å². The summed E-state index contributed by atoms with van der Waals surface area (Å²) in [5.74, 6) is 2.21. The van der Waals surface area contributed by atoms with Crippen molar-refractivity contribution in [1.82, 2.24) is 0 Å². The number of rotatable bonds is 4. The van der Waals surface area contributed by atoms with Crippen molar-refractivity contribution in [2.24, 2.45) is 17.3 Å². The minimum atomic E-state index is 0.143. The predicted octanol–water partition coefficient (Wildman–Crippen LogP) is 5.96. The molecule has 0 spiro atoms. The number of hydrogen-bond acceptors (Lipinski definition) is 1. The Morgan fingerprint density at radius 1 is 1.29 bits per heavy atom. The molecule has 0 aromatic heterocycles. The van der Waals surface area contributed by atoms with Crippen molar-refractivity contribution in [3.05, 3.63) is 28.8 Å². The molecule has 1 aliphatic rings. The molecule has 2 rings (SSSR count). The Morgan fingerprint density at radius 2 is 2.00 bits per heavy atom. The van der Waals surface area contributed by atoms with Gasteiger partial charge < -0.3 is 4.74 Å². The van der Waals surface area contributed by atoms with Gasteiger partial charge in [-0.15, -0.1) is 11.6 Å². The van der Waals surface area contributed by atoms with E-state index in [0.29, 0.717) is 5.92 Å². The summed E-state index contributed by atoms with van der Waals surface area (Å²) in [6.45, 7) is 6.95. The van der Waals surface area contributed by atoms with Gasteiger partial charge >= 0.3 is 0 Å². The summed E-state index contributed by atoms with van der Waals surface area (Å²) in [6, 6.07) is 5.86. The van der Waals surface area contributed by atoms with Crippen molar-refractivity contribution in [3.63, 3.8) is 0 Å². The summed E-state index contributed by atoms with van der Waals surface area (Å²) in [6.07, 6.45) is 4.57. The highest BCUT2D eigenvalue weighted by atomic mass is 35.5. The Morgan fingerprint density at radius 3 is 2.62 bits per heavy atom. The smallest absolute Gasteiger partial charge is 0.122 e. The second-order valence-corrected chi connectivity index (χ2v) is 8.16. The lowest BCUT2D eigenvalue weighted by Gasteiger charge is -2.42. The molecule has 118 valence electrons. The minimum Gasteiger partial charge on any atom is -0.496 e. The first kappa shape index (κ1) is 17.0. The number of benzene rings is 1. The van der Waals surface area contributed by atoms with E-state index in [1.807, 2.05) is 18.2 Å². The van der Waals surface area contributed by atoms with Gasteiger partial charge in [-0.2, -0.15) is 0 Å². The fourth-order valence-electron chi connectivity index (χ4n) is 3.70. The third-order valence-electron chi connectivity index (χ3n) is 4.93. The average molecular weight is 329 g/mol. The van der Waals surface area contributed by atoms with E-state index in [4.69, 9.17) is 27.9 Å². The van der Waals surface area contributed by atoms with E-state index in [0.717, 1.165) is 29.5 Å². The molecule has 0 heterocycles.